The van der Waals surface area contributed by atoms with Gasteiger partial charge in [0.05, 0.1) is 4.90 Å². The van der Waals surface area contributed by atoms with Crippen LogP contribution in [0.1, 0.15) is 12.1 Å². The summed E-state index contributed by atoms with van der Waals surface area (Å²) < 4.78 is 27.9. The predicted molar refractivity (Wildman–Crippen MR) is 111 cm³/mol. The van der Waals surface area contributed by atoms with Gasteiger partial charge in [0.1, 0.15) is 5.01 Å². The summed E-state index contributed by atoms with van der Waals surface area (Å²) in [6, 6.07) is 7.51. The molecule has 0 radical (unpaired) electrons. The number of nitrogens with one attached hydrogen (secondary N) is 1. The lowest BCUT2D eigenvalue weighted by Crippen LogP contribution is -2.49. The van der Waals surface area contributed by atoms with Crippen LogP contribution >= 0.6 is 23.7 Å². The molecule has 0 bridgehead atoms. The molecule has 0 saturated carbocycles. The van der Waals surface area contributed by atoms with E-state index in [4.69, 9.17) is 0 Å². The van der Waals surface area contributed by atoms with Gasteiger partial charge in [0.2, 0.25) is 10.0 Å². The molecule has 9 heteroatoms. The third-order valence-corrected chi connectivity index (χ3v) is 8.00. The van der Waals surface area contributed by atoms with E-state index in [1.807, 2.05) is 24.4 Å². The van der Waals surface area contributed by atoms with Gasteiger partial charge in [-0.05, 0) is 25.5 Å². The molecule has 6 nitrogen and oxygen atoms in total. The number of aromatic nitrogens is 1. The van der Waals surface area contributed by atoms with E-state index >= 15 is 0 Å². The first-order valence-electron chi connectivity index (χ1n) is 9.01. The highest BCUT2D eigenvalue weighted by molar-refractivity contribution is 7.89. The van der Waals surface area contributed by atoms with Crippen molar-refractivity contribution in [3.8, 4) is 10.6 Å². The maximum absolute atomic E-state index is 13.1. The second-order valence-corrected chi connectivity index (χ2v) is 9.71. The van der Waals surface area contributed by atoms with Crippen molar-refractivity contribution in [2.45, 2.75) is 24.3 Å². The number of piperazine rings is 1. The number of aryl methyl sites for hydroxylation is 1. The number of rotatable bonds is 4. The topological polar surface area (TPSA) is 65.5 Å². The Morgan fingerprint density at radius 1 is 1.22 bits per heavy atom. The fourth-order valence-corrected chi connectivity index (χ4v) is 6.03. The largest absolute Gasteiger partial charge is 0.314 e. The molecule has 1 atom stereocenters. The van der Waals surface area contributed by atoms with Gasteiger partial charge in [0.15, 0.2) is 0 Å². The third kappa shape index (κ3) is 4.36. The first-order chi connectivity index (χ1) is 12.5. The maximum Gasteiger partial charge on any atom is 0.243 e. The molecule has 2 saturated heterocycles. The Hall–Kier alpha value is -1.03. The lowest BCUT2D eigenvalue weighted by Gasteiger charge is -2.32. The molecule has 1 N–H and O–H groups in total. The summed E-state index contributed by atoms with van der Waals surface area (Å²) in [6.07, 6.45) is 0.907. The number of thiazole rings is 1. The number of hydrogen-bond donors (Lipinski definition) is 1. The van der Waals surface area contributed by atoms with Gasteiger partial charge < -0.3 is 5.32 Å². The summed E-state index contributed by atoms with van der Waals surface area (Å²) in [7, 11) is -3.47. The van der Waals surface area contributed by atoms with Gasteiger partial charge in [0, 0.05) is 61.9 Å². The molecule has 0 spiro atoms. The molecule has 1 unspecified atom stereocenters. The van der Waals surface area contributed by atoms with Gasteiger partial charge in [-0.25, -0.2) is 13.4 Å². The van der Waals surface area contributed by atoms with Crippen molar-refractivity contribution < 1.29 is 8.42 Å². The van der Waals surface area contributed by atoms with E-state index in [0.29, 0.717) is 24.0 Å². The standard InChI is InChI=1S/C18H24N4O2S2.ClH/c1-14-13-25-18(20-14)15-3-2-4-17(11-15)26(23,24)22-8-5-16(12-22)21-9-6-19-7-10-21;/h2-4,11,13,16,19H,5-10,12H2,1H3;1H. The van der Waals surface area contributed by atoms with Crippen molar-refractivity contribution in [3.63, 3.8) is 0 Å². The smallest absolute Gasteiger partial charge is 0.243 e. The van der Waals surface area contributed by atoms with Crippen LogP contribution in [0.25, 0.3) is 10.6 Å². The lowest BCUT2D eigenvalue weighted by molar-refractivity contribution is 0.179. The molecule has 0 aliphatic carbocycles. The van der Waals surface area contributed by atoms with E-state index in [-0.39, 0.29) is 12.4 Å². The van der Waals surface area contributed by atoms with E-state index in [1.54, 1.807) is 27.8 Å². The van der Waals surface area contributed by atoms with E-state index < -0.39 is 10.0 Å². The van der Waals surface area contributed by atoms with Crippen LogP contribution in [0.4, 0.5) is 0 Å². The van der Waals surface area contributed by atoms with Crippen molar-refractivity contribution in [1.82, 2.24) is 19.5 Å². The Balaban J connectivity index is 0.00000210. The average molecular weight is 429 g/mol. The summed E-state index contributed by atoms with van der Waals surface area (Å²) >= 11 is 1.54. The van der Waals surface area contributed by atoms with Gasteiger partial charge in [0.25, 0.3) is 0 Å². The lowest BCUT2D eigenvalue weighted by atomic mass is 10.2. The minimum atomic E-state index is -3.47. The number of benzene rings is 1. The minimum absolute atomic E-state index is 0. The molecule has 1 aromatic heterocycles. The maximum atomic E-state index is 13.1. The molecule has 0 amide bonds. The van der Waals surface area contributed by atoms with Crippen molar-refractivity contribution in [2.75, 3.05) is 39.3 Å². The molecule has 2 aromatic rings. The van der Waals surface area contributed by atoms with E-state index in [2.05, 4.69) is 15.2 Å². The fourth-order valence-electron chi connectivity index (χ4n) is 3.70. The van der Waals surface area contributed by atoms with Crippen LogP contribution < -0.4 is 5.32 Å². The first-order valence-corrected chi connectivity index (χ1v) is 11.3. The average Bonchev–Trinajstić information content (AvgIpc) is 3.32. The molecule has 3 heterocycles. The molecule has 2 fully saturated rings. The van der Waals surface area contributed by atoms with Gasteiger partial charge in [-0.2, -0.15) is 4.31 Å². The minimum Gasteiger partial charge on any atom is -0.314 e. The Bertz CT molecular complexity index is 881. The summed E-state index contributed by atoms with van der Waals surface area (Å²) in [5.74, 6) is 0. The zero-order valence-corrected chi connectivity index (χ0v) is 17.7. The second kappa shape index (κ2) is 8.55. The molecule has 4 rings (SSSR count). The van der Waals surface area contributed by atoms with Crippen molar-refractivity contribution in [1.29, 1.82) is 0 Å². The number of halogens is 1. The molecule has 1 aromatic carbocycles. The van der Waals surface area contributed by atoms with Crippen molar-refractivity contribution in [3.05, 3.63) is 35.3 Å². The van der Waals surface area contributed by atoms with Crippen LogP contribution in [-0.2, 0) is 10.0 Å². The monoisotopic (exact) mass is 428 g/mol. The quantitative estimate of drug-likeness (QED) is 0.808. The summed E-state index contributed by atoms with van der Waals surface area (Å²) in [5.41, 5.74) is 1.82. The van der Waals surface area contributed by atoms with Crippen LogP contribution in [0.5, 0.6) is 0 Å². The van der Waals surface area contributed by atoms with Crippen LogP contribution in [0.2, 0.25) is 0 Å². The number of sulfonamides is 1. The zero-order valence-electron chi connectivity index (χ0n) is 15.3. The summed E-state index contributed by atoms with van der Waals surface area (Å²) in [4.78, 5) is 7.25. The Labute approximate surface area is 171 Å². The number of nitrogens with zero attached hydrogens (tertiary/aromatic N) is 3. The van der Waals surface area contributed by atoms with Gasteiger partial charge in [-0.3, -0.25) is 4.90 Å². The highest BCUT2D eigenvalue weighted by Gasteiger charge is 2.35. The van der Waals surface area contributed by atoms with Gasteiger partial charge in [-0.15, -0.1) is 23.7 Å². The van der Waals surface area contributed by atoms with Gasteiger partial charge >= 0.3 is 0 Å². The Kier molecular flexibility index (Phi) is 6.55. The van der Waals surface area contributed by atoms with E-state index in [9.17, 15) is 8.42 Å². The van der Waals surface area contributed by atoms with Crippen molar-refractivity contribution >= 4 is 33.8 Å². The Morgan fingerprint density at radius 2 is 2.00 bits per heavy atom. The van der Waals surface area contributed by atoms with Crippen LogP contribution in [-0.4, -0.2) is 67.9 Å². The van der Waals surface area contributed by atoms with Crippen molar-refractivity contribution in [2.24, 2.45) is 0 Å². The SMILES string of the molecule is Cc1csc(-c2cccc(S(=O)(=O)N3CCC(N4CCNCC4)C3)c2)n1.Cl. The number of hydrogen-bond acceptors (Lipinski definition) is 6. The normalized spacial score (nSPS) is 21.9. The highest BCUT2D eigenvalue weighted by Crippen LogP contribution is 2.29. The summed E-state index contributed by atoms with van der Waals surface area (Å²) in [6.45, 7) is 7.09. The first kappa shape index (κ1) is 20.7. The van der Waals surface area contributed by atoms with Gasteiger partial charge in [-0.1, -0.05) is 12.1 Å². The molecular weight excluding hydrogens is 404 g/mol. The van der Waals surface area contributed by atoms with E-state index in [1.165, 1.54) is 0 Å². The molecule has 148 valence electrons. The zero-order chi connectivity index (χ0) is 18.1. The summed E-state index contributed by atoms with van der Waals surface area (Å²) in [5, 5.41) is 6.19. The van der Waals surface area contributed by atoms with Crippen LogP contribution in [0.3, 0.4) is 0 Å². The molecule has 27 heavy (non-hydrogen) atoms. The van der Waals surface area contributed by atoms with Crippen LogP contribution in [0, 0.1) is 6.92 Å². The van der Waals surface area contributed by atoms with Crippen LogP contribution in [0.15, 0.2) is 34.5 Å². The van der Waals surface area contributed by atoms with E-state index in [0.717, 1.165) is 48.9 Å². The Morgan fingerprint density at radius 3 is 2.70 bits per heavy atom. The highest BCUT2D eigenvalue weighted by atomic mass is 35.5. The predicted octanol–water partition coefficient (Wildman–Crippen LogP) is 2.21. The molecular formula is C18H25ClN4O2S2. The molecule has 2 aliphatic heterocycles. The fraction of sp³-hybridized carbons (Fsp3) is 0.500. The second-order valence-electron chi connectivity index (χ2n) is 6.91. The molecule has 2 aliphatic rings. The third-order valence-electron chi connectivity index (χ3n) is 5.13.